The molecule has 0 atom stereocenters. The molecular weight excluding hydrogens is 594 g/mol. The first-order chi connectivity index (χ1) is 19.7. The molecule has 0 heterocycles. The van der Waals surface area contributed by atoms with Crippen LogP contribution in [0.5, 0.6) is 0 Å². The minimum absolute atomic E-state index is 0.00704. The number of hydrogen-bond donors (Lipinski definition) is 1. The molecule has 10 heteroatoms. The lowest BCUT2D eigenvalue weighted by molar-refractivity contribution is -0.158. The molecule has 9 nitrogen and oxygen atoms in total. The largest absolute Gasteiger partial charge is 0.463 e. The molecule has 0 aliphatic rings. The standard InChI is InChI=1S/C8H17NO.C8H16O2.C7H14O2.C5H10O.C4H10O2S.C3H8/c1-6(2)7(10)9-8(3,4)5;1-6(2)7(9)10-8(3,4)5;1-5(2)7(8)9-6(3)4;1-4(2)5(3)6;1-4(2)7(3,5)6;1-3-2/h6H,1-5H3,(H,9,10);6H,1-5H3;5-6H,1-4H3;4H,1-3H3;4H,1-3H3;3H2,1-2H3. The Kier molecular flexibility index (Phi) is 34.8. The van der Waals surface area contributed by atoms with Gasteiger partial charge in [-0.1, -0.05) is 75.7 Å². The third kappa shape index (κ3) is 58.2. The number of rotatable bonds is 6. The van der Waals surface area contributed by atoms with E-state index in [2.05, 4.69) is 19.2 Å². The van der Waals surface area contributed by atoms with Crippen LogP contribution in [-0.4, -0.2) is 60.8 Å². The van der Waals surface area contributed by atoms with Crippen molar-refractivity contribution in [3.8, 4) is 0 Å². The molecule has 0 aliphatic heterocycles. The lowest BCUT2D eigenvalue weighted by Crippen LogP contribution is -2.42. The van der Waals surface area contributed by atoms with Gasteiger partial charge in [0.05, 0.1) is 23.2 Å². The topological polar surface area (TPSA) is 133 Å². The zero-order valence-corrected chi connectivity index (χ0v) is 34.2. The first-order valence-electron chi connectivity index (χ1n) is 16.1. The molecule has 0 fully saturated rings. The molecule has 0 aliphatic carbocycles. The SMILES string of the molecule is CC(=O)C(C)C.CC(C)C(=O)NC(C)(C)C.CC(C)C(=O)OC(C)(C)C.CC(C)OC(=O)C(C)C.CC(C)S(C)(=O)=O.CCC. The van der Waals surface area contributed by atoms with Crippen LogP contribution in [0.4, 0.5) is 0 Å². The van der Waals surface area contributed by atoms with Gasteiger partial charge in [-0.05, 0) is 76.2 Å². The van der Waals surface area contributed by atoms with Crippen LogP contribution >= 0.6 is 0 Å². The Morgan fingerprint density at radius 3 is 1.00 bits per heavy atom. The van der Waals surface area contributed by atoms with Crippen LogP contribution in [0.1, 0.15) is 152 Å². The molecule has 0 saturated carbocycles. The van der Waals surface area contributed by atoms with Crippen molar-refractivity contribution in [3.63, 3.8) is 0 Å². The number of sulfone groups is 1. The summed E-state index contributed by atoms with van der Waals surface area (Å²) in [4.78, 5) is 42.9. The minimum Gasteiger partial charge on any atom is -0.463 e. The first-order valence-corrected chi connectivity index (χ1v) is 18.1. The molecule has 0 bridgehead atoms. The van der Waals surface area contributed by atoms with Gasteiger partial charge < -0.3 is 14.8 Å². The summed E-state index contributed by atoms with van der Waals surface area (Å²) in [5.74, 6) is 0.385. The van der Waals surface area contributed by atoms with E-state index in [1.807, 2.05) is 111 Å². The van der Waals surface area contributed by atoms with Crippen molar-refractivity contribution in [3.05, 3.63) is 0 Å². The van der Waals surface area contributed by atoms with E-state index in [4.69, 9.17) is 9.47 Å². The third-order valence-corrected chi connectivity index (χ3v) is 6.11. The monoisotopic (exact) mass is 670 g/mol. The molecule has 0 aromatic heterocycles. The summed E-state index contributed by atoms with van der Waals surface area (Å²) in [5.41, 5.74) is -0.442. The van der Waals surface area contributed by atoms with Crippen molar-refractivity contribution in [2.45, 2.75) is 174 Å². The van der Waals surface area contributed by atoms with Gasteiger partial charge in [-0.3, -0.25) is 19.2 Å². The van der Waals surface area contributed by atoms with Crippen LogP contribution in [0.2, 0.25) is 0 Å². The Hall–Kier alpha value is -1.97. The van der Waals surface area contributed by atoms with E-state index in [-0.39, 0.29) is 69.8 Å². The van der Waals surface area contributed by atoms with E-state index in [0.29, 0.717) is 0 Å². The fourth-order valence-electron chi connectivity index (χ4n) is 1.30. The van der Waals surface area contributed by atoms with Gasteiger partial charge in [-0.25, -0.2) is 8.42 Å². The van der Waals surface area contributed by atoms with Crippen LogP contribution in [0.3, 0.4) is 0 Å². The minimum atomic E-state index is -2.74. The van der Waals surface area contributed by atoms with E-state index in [0.717, 1.165) is 0 Å². The fourth-order valence-corrected chi connectivity index (χ4v) is 1.30. The summed E-state index contributed by atoms with van der Waals surface area (Å²) in [6.07, 6.45) is 2.50. The average molecular weight is 670 g/mol. The Bertz CT molecular complexity index is 842. The second-order valence-corrected chi connectivity index (χ2v) is 17.2. The van der Waals surface area contributed by atoms with Crippen LogP contribution in [-0.2, 0) is 38.5 Å². The van der Waals surface area contributed by atoms with Gasteiger partial charge in [0, 0.05) is 23.6 Å². The lowest BCUT2D eigenvalue weighted by atomic mass is 10.1. The molecule has 0 radical (unpaired) electrons. The first kappa shape index (κ1) is 55.4. The van der Waals surface area contributed by atoms with Gasteiger partial charge in [-0.2, -0.15) is 0 Å². The maximum Gasteiger partial charge on any atom is 0.308 e. The molecule has 0 aromatic carbocycles. The molecular formula is C35H75NO8S. The highest BCUT2D eigenvalue weighted by atomic mass is 32.2. The second-order valence-electron chi connectivity index (χ2n) is 14.6. The van der Waals surface area contributed by atoms with Crippen LogP contribution in [0, 0.1) is 23.7 Å². The van der Waals surface area contributed by atoms with Gasteiger partial charge >= 0.3 is 11.9 Å². The number of esters is 2. The number of ketones is 1. The van der Waals surface area contributed by atoms with Gasteiger partial charge in [0.15, 0.2) is 0 Å². The van der Waals surface area contributed by atoms with Crippen molar-refractivity contribution in [2.24, 2.45) is 23.7 Å². The van der Waals surface area contributed by atoms with Crippen molar-refractivity contribution in [1.82, 2.24) is 5.32 Å². The maximum atomic E-state index is 11.0. The number of nitrogens with one attached hydrogen (secondary N) is 1. The Balaban J connectivity index is -0.000000104. The predicted octanol–water partition coefficient (Wildman–Crippen LogP) is 8.22. The van der Waals surface area contributed by atoms with Crippen molar-refractivity contribution in [2.75, 3.05) is 6.26 Å². The lowest BCUT2D eigenvalue weighted by Gasteiger charge is -2.21. The Labute approximate surface area is 279 Å². The molecule has 0 rings (SSSR count). The summed E-state index contributed by atoms with van der Waals surface area (Å²) in [5, 5.41) is 2.65. The van der Waals surface area contributed by atoms with E-state index in [1.54, 1.807) is 20.8 Å². The van der Waals surface area contributed by atoms with E-state index in [9.17, 15) is 27.6 Å². The van der Waals surface area contributed by atoms with Gasteiger partial charge in [0.1, 0.15) is 21.2 Å². The number of carbonyl (C=O) groups excluding carboxylic acids is 4. The van der Waals surface area contributed by atoms with Crippen LogP contribution in [0.15, 0.2) is 0 Å². The zero-order valence-electron chi connectivity index (χ0n) is 33.3. The summed E-state index contributed by atoms with van der Waals surface area (Å²) in [7, 11) is -2.74. The molecule has 274 valence electrons. The molecule has 45 heavy (non-hydrogen) atoms. The number of Topliss-reactive ketones (excluding diaryl/α,β-unsaturated/α-hetero) is 1. The van der Waals surface area contributed by atoms with Crippen LogP contribution in [0.25, 0.3) is 0 Å². The van der Waals surface area contributed by atoms with E-state index >= 15 is 0 Å². The average Bonchev–Trinajstić information content (AvgIpc) is 2.77. The number of carbonyl (C=O) groups is 4. The van der Waals surface area contributed by atoms with Crippen molar-refractivity contribution < 1.29 is 37.1 Å². The smallest absolute Gasteiger partial charge is 0.308 e. The summed E-state index contributed by atoms with van der Waals surface area (Å²) >= 11 is 0. The zero-order chi connectivity index (χ0) is 38.1. The predicted molar refractivity (Wildman–Crippen MR) is 191 cm³/mol. The summed E-state index contributed by atoms with van der Waals surface area (Å²) in [6, 6.07) is 0. The number of ether oxygens (including phenoxy) is 2. The quantitative estimate of drug-likeness (QED) is 0.280. The molecule has 0 unspecified atom stereocenters. The van der Waals surface area contributed by atoms with Gasteiger partial charge in [-0.15, -0.1) is 0 Å². The highest BCUT2D eigenvalue weighted by molar-refractivity contribution is 7.91. The van der Waals surface area contributed by atoms with Gasteiger partial charge in [0.2, 0.25) is 5.91 Å². The molecule has 0 spiro atoms. The van der Waals surface area contributed by atoms with Gasteiger partial charge in [0.25, 0.3) is 0 Å². The summed E-state index contributed by atoms with van der Waals surface area (Å²) < 4.78 is 30.6. The van der Waals surface area contributed by atoms with Crippen LogP contribution < -0.4 is 5.32 Å². The normalized spacial score (nSPS) is 10.9. The molecule has 1 N–H and O–H groups in total. The number of amides is 1. The Morgan fingerprint density at radius 2 is 0.933 bits per heavy atom. The number of hydrogen-bond acceptors (Lipinski definition) is 8. The Morgan fingerprint density at radius 1 is 0.644 bits per heavy atom. The fraction of sp³-hybridized carbons (Fsp3) is 0.886. The highest BCUT2D eigenvalue weighted by Gasteiger charge is 2.18. The van der Waals surface area contributed by atoms with E-state index < -0.39 is 9.84 Å². The summed E-state index contributed by atoms with van der Waals surface area (Å²) in [6.45, 7) is 39.3. The molecule has 1 amide bonds. The van der Waals surface area contributed by atoms with Crippen molar-refractivity contribution in [1.29, 1.82) is 0 Å². The molecule has 0 saturated heterocycles. The molecule has 0 aromatic rings. The van der Waals surface area contributed by atoms with Crippen molar-refractivity contribution >= 4 is 33.5 Å². The third-order valence-electron chi connectivity index (χ3n) is 4.39. The second kappa shape index (κ2) is 28.3. The highest BCUT2D eigenvalue weighted by Crippen LogP contribution is 2.10. The van der Waals surface area contributed by atoms with E-state index in [1.165, 1.54) is 12.7 Å². The maximum absolute atomic E-state index is 11.0.